The molecule has 140 valence electrons. The van der Waals surface area contributed by atoms with Crippen LogP contribution in [-0.4, -0.2) is 22.2 Å². The maximum Gasteiger partial charge on any atom is 0.295 e. The van der Waals surface area contributed by atoms with Crippen molar-refractivity contribution in [3.63, 3.8) is 0 Å². The fourth-order valence-electron chi connectivity index (χ4n) is 3.87. The van der Waals surface area contributed by atoms with E-state index in [0.29, 0.717) is 5.56 Å². The van der Waals surface area contributed by atoms with Crippen molar-refractivity contribution in [1.82, 2.24) is 9.88 Å². The quantitative estimate of drug-likeness (QED) is 0.335. The van der Waals surface area contributed by atoms with Crippen molar-refractivity contribution in [2.24, 2.45) is 0 Å². The van der Waals surface area contributed by atoms with Gasteiger partial charge in [-0.3, -0.25) is 19.7 Å². The number of amides is 2. The molecule has 5 rings (SSSR count). The van der Waals surface area contributed by atoms with E-state index in [1.165, 1.54) is 0 Å². The maximum atomic E-state index is 12.0. The molecule has 4 aromatic rings. The van der Waals surface area contributed by atoms with Gasteiger partial charge >= 0.3 is 0 Å². The van der Waals surface area contributed by atoms with Gasteiger partial charge in [0.25, 0.3) is 5.91 Å². The van der Waals surface area contributed by atoms with Crippen LogP contribution in [0.4, 0.5) is 0 Å². The molecule has 1 unspecified atom stereocenters. The van der Waals surface area contributed by atoms with Crippen LogP contribution in [0.15, 0.2) is 84.9 Å². The minimum Gasteiger partial charge on any atom is -0.309 e. The minimum atomic E-state index is -1.06. The fraction of sp³-hybridized carbons (Fsp3) is 0.0417. The average Bonchev–Trinajstić information content (AvgIpc) is 3.26. The highest BCUT2D eigenvalue weighted by Gasteiger charge is 2.41. The monoisotopic (exact) mass is 380 g/mol. The minimum absolute atomic E-state index is 0.514. The van der Waals surface area contributed by atoms with Crippen LogP contribution in [-0.2, 0) is 14.4 Å². The number of imide groups is 1. The first-order chi connectivity index (χ1) is 14.1. The molecular weight excluding hydrogens is 364 g/mol. The highest BCUT2D eigenvalue weighted by molar-refractivity contribution is 6.50. The molecule has 5 nitrogen and oxygen atoms in total. The van der Waals surface area contributed by atoms with Crippen molar-refractivity contribution in [2.45, 2.75) is 5.92 Å². The third-order valence-corrected chi connectivity index (χ3v) is 5.25. The van der Waals surface area contributed by atoms with Crippen molar-refractivity contribution in [3.05, 3.63) is 90.5 Å². The van der Waals surface area contributed by atoms with Gasteiger partial charge in [0, 0.05) is 11.1 Å². The van der Waals surface area contributed by atoms with Gasteiger partial charge in [-0.15, -0.1) is 0 Å². The fourth-order valence-corrected chi connectivity index (χ4v) is 3.87. The summed E-state index contributed by atoms with van der Waals surface area (Å²) < 4.78 is 2.15. The highest BCUT2D eigenvalue weighted by Crippen LogP contribution is 2.32. The Hall–Kier alpha value is -3.99. The summed E-state index contributed by atoms with van der Waals surface area (Å²) in [6.45, 7) is 0. The first-order valence-corrected chi connectivity index (χ1v) is 9.29. The molecule has 0 radical (unpaired) electrons. The van der Waals surface area contributed by atoms with Crippen LogP contribution < -0.4 is 5.32 Å². The van der Waals surface area contributed by atoms with E-state index in [1.807, 2.05) is 42.5 Å². The molecule has 3 aromatic carbocycles. The van der Waals surface area contributed by atoms with Gasteiger partial charge in [0.1, 0.15) is 5.92 Å². The van der Waals surface area contributed by atoms with E-state index in [-0.39, 0.29) is 0 Å². The van der Waals surface area contributed by atoms with E-state index in [4.69, 9.17) is 0 Å². The predicted octanol–water partition coefficient (Wildman–Crippen LogP) is 3.61. The Morgan fingerprint density at radius 2 is 1.45 bits per heavy atom. The molecule has 1 atom stereocenters. The van der Waals surface area contributed by atoms with E-state index >= 15 is 0 Å². The summed E-state index contributed by atoms with van der Waals surface area (Å²) in [5.41, 5.74) is 4.61. The van der Waals surface area contributed by atoms with Gasteiger partial charge in [0.05, 0.1) is 11.2 Å². The average molecular weight is 380 g/mol. The zero-order valence-corrected chi connectivity index (χ0v) is 15.3. The van der Waals surface area contributed by atoms with Crippen LogP contribution in [0.25, 0.3) is 27.8 Å². The van der Waals surface area contributed by atoms with Crippen molar-refractivity contribution in [2.75, 3.05) is 0 Å². The number of aromatic nitrogens is 1. The number of hydrogen-bond acceptors (Lipinski definition) is 3. The molecule has 1 aliphatic rings. The van der Waals surface area contributed by atoms with Gasteiger partial charge < -0.3 is 4.57 Å². The molecule has 1 aromatic heterocycles. The lowest BCUT2D eigenvalue weighted by molar-refractivity contribution is -0.135. The van der Waals surface area contributed by atoms with E-state index in [2.05, 4.69) is 40.2 Å². The molecule has 1 aliphatic heterocycles. The Morgan fingerprint density at radius 3 is 2.14 bits per heavy atom. The molecule has 1 fully saturated rings. The maximum absolute atomic E-state index is 12.0. The largest absolute Gasteiger partial charge is 0.309 e. The van der Waals surface area contributed by atoms with E-state index in [9.17, 15) is 14.4 Å². The third-order valence-electron chi connectivity index (χ3n) is 5.25. The number of fused-ring (bicyclic) bond motifs is 1. The zero-order chi connectivity index (χ0) is 20.0. The molecule has 29 heavy (non-hydrogen) atoms. The first kappa shape index (κ1) is 17.1. The van der Waals surface area contributed by atoms with Gasteiger partial charge in [-0.25, -0.2) is 0 Å². The lowest BCUT2D eigenvalue weighted by Crippen LogP contribution is -2.22. The Labute approximate surface area is 166 Å². The Bertz CT molecular complexity index is 1270. The SMILES string of the molecule is O=C1NC(=O)C(c2ccc(-n3c(-c4ccccc4)cc4ccccc43)cc2)C1=O. The van der Waals surface area contributed by atoms with Crippen molar-refractivity contribution >= 4 is 28.5 Å². The van der Waals surface area contributed by atoms with Crippen LogP contribution in [0.5, 0.6) is 0 Å². The second kappa shape index (κ2) is 6.56. The number of para-hydroxylation sites is 1. The molecule has 0 spiro atoms. The normalized spacial score (nSPS) is 16.4. The second-order valence-electron chi connectivity index (χ2n) is 7.00. The molecule has 5 heteroatoms. The number of benzene rings is 3. The number of carbonyl (C=O) groups is 3. The molecule has 2 heterocycles. The molecule has 2 amide bonds. The molecule has 1 N–H and O–H groups in total. The van der Waals surface area contributed by atoms with E-state index < -0.39 is 23.5 Å². The van der Waals surface area contributed by atoms with Crippen LogP contribution in [0.3, 0.4) is 0 Å². The topological polar surface area (TPSA) is 68.2 Å². The van der Waals surface area contributed by atoms with E-state index in [0.717, 1.165) is 27.8 Å². The zero-order valence-electron chi connectivity index (χ0n) is 15.3. The van der Waals surface area contributed by atoms with Crippen LogP contribution >= 0.6 is 0 Å². The number of hydrogen-bond donors (Lipinski definition) is 1. The van der Waals surface area contributed by atoms with Gasteiger partial charge in [0.2, 0.25) is 11.7 Å². The summed E-state index contributed by atoms with van der Waals surface area (Å²) in [5.74, 6) is -3.18. The van der Waals surface area contributed by atoms with Gasteiger partial charge in [-0.1, -0.05) is 60.7 Å². The molecule has 0 aliphatic carbocycles. The second-order valence-corrected chi connectivity index (χ2v) is 7.00. The summed E-state index contributed by atoms with van der Waals surface area (Å²) in [6, 6.07) is 27.6. The van der Waals surface area contributed by atoms with Crippen molar-refractivity contribution in [3.8, 4) is 16.9 Å². The standard InChI is InChI=1S/C24H16N2O3/c27-22-21(23(28)25-24(22)29)16-10-12-18(13-11-16)26-19-9-5-4-8-17(19)14-20(26)15-6-2-1-3-7-15/h1-14,21H,(H,25,28,29). The number of carbonyl (C=O) groups excluding carboxylic acids is 3. The number of nitrogens with zero attached hydrogens (tertiary/aromatic N) is 1. The third kappa shape index (κ3) is 2.75. The summed E-state index contributed by atoms with van der Waals surface area (Å²) in [4.78, 5) is 35.5. The van der Waals surface area contributed by atoms with Crippen molar-refractivity contribution in [1.29, 1.82) is 0 Å². The summed E-state index contributed by atoms with van der Waals surface area (Å²) in [5, 5.41) is 3.20. The van der Waals surface area contributed by atoms with Gasteiger partial charge in [-0.05, 0) is 35.4 Å². The van der Waals surface area contributed by atoms with Crippen LogP contribution in [0.1, 0.15) is 11.5 Å². The van der Waals surface area contributed by atoms with Crippen LogP contribution in [0.2, 0.25) is 0 Å². The van der Waals surface area contributed by atoms with E-state index in [1.54, 1.807) is 12.1 Å². The van der Waals surface area contributed by atoms with Gasteiger partial charge in [0.15, 0.2) is 0 Å². The molecule has 1 saturated heterocycles. The Kier molecular flexibility index (Phi) is 3.88. The van der Waals surface area contributed by atoms with Crippen molar-refractivity contribution < 1.29 is 14.4 Å². The molecule has 0 saturated carbocycles. The number of nitrogens with one attached hydrogen (secondary N) is 1. The first-order valence-electron chi connectivity index (χ1n) is 9.29. The smallest absolute Gasteiger partial charge is 0.295 e. The molecule has 0 bridgehead atoms. The lowest BCUT2D eigenvalue weighted by atomic mass is 9.96. The lowest BCUT2D eigenvalue weighted by Gasteiger charge is -2.13. The number of rotatable bonds is 3. The highest BCUT2D eigenvalue weighted by atomic mass is 16.2. The predicted molar refractivity (Wildman–Crippen MR) is 110 cm³/mol. The summed E-state index contributed by atoms with van der Waals surface area (Å²) >= 11 is 0. The van der Waals surface area contributed by atoms with Gasteiger partial charge in [-0.2, -0.15) is 0 Å². The Morgan fingerprint density at radius 1 is 0.759 bits per heavy atom. The Balaban J connectivity index is 1.64. The molecular formula is C24H16N2O3. The number of ketones is 1. The number of Topliss-reactive ketones (excluding diaryl/α,β-unsaturated/α-hetero) is 1. The summed E-state index contributed by atoms with van der Waals surface area (Å²) in [6.07, 6.45) is 0. The summed E-state index contributed by atoms with van der Waals surface area (Å²) in [7, 11) is 0. The van der Waals surface area contributed by atoms with Crippen LogP contribution in [0, 0.1) is 0 Å².